The molecule has 2 rings (SSSR count). The molecule has 17 heavy (non-hydrogen) atoms. The van der Waals surface area contributed by atoms with Gasteiger partial charge in [-0.2, -0.15) is 0 Å². The summed E-state index contributed by atoms with van der Waals surface area (Å²) >= 11 is 0. The summed E-state index contributed by atoms with van der Waals surface area (Å²) in [4.78, 5) is 0. The maximum atomic E-state index is 9.66. The molecule has 3 heteroatoms. The number of aliphatic hydroxyl groups is 1. The summed E-state index contributed by atoms with van der Waals surface area (Å²) in [6.07, 6.45) is 2.04. The Hall–Kier alpha value is -1.06. The lowest BCUT2D eigenvalue weighted by molar-refractivity contribution is 0.00830. The van der Waals surface area contributed by atoms with Crippen LogP contribution in [0, 0.1) is 12.8 Å². The minimum atomic E-state index is -0.520. The maximum Gasteiger partial charge on any atom is 0.189 e. The fourth-order valence-corrected chi connectivity index (χ4v) is 1.73. The van der Waals surface area contributed by atoms with Gasteiger partial charge in [0.1, 0.15) is 5.75 Å². The van der Waals surface area contributed by atoms with Gasteiger partial charge in [-0.1, -0.05) is 11.6 Å². The largest absolute Gasteiger partial charge is 0.467 e. The summed E-state index contributed by atoms with van der Waals surface area (Å²) in [6.45, 7) is 4.79. The molecule has 1 N–H and O–H groups in total. The first-order valence-corrected chi connectivity index (χ1v) is 6.16. The first-order chi connectivity index (χ1) is 8.16. The number of benzene rings is 1. The molecule has 1 aromatic carbocycles. The summed E-state index contributed by atoms with van der Waals surface area (Å²) in [5.74, 6) is 1.45. The normalized spacial score (nSPS) is 16.9. The van der Waals surface area contributed by atoms with Crippen LogP contribution in [0.5, 0.6) is 5.75 Å². The molecule has 1 fully saturated rings. The Balaban J connectivity index is 1.89. The van der Waals surface area contributed by atoms with Crippen LogP contribution in [0.2, 0.25) is 0 Å². The van der Waals surface area contributed by atoms with Gasteiger partial charge in [0.05, 0.1) is 12.7 Å². The molecular weight excluding hydrogens is 216 g/mol. The lowest BCUT2D eigenvalue weighted by Gasteiger charge is -2.14. The smallest absolute Gasteiger partial charge is 0.189 e. The second-order valence-electron chi connectivity index (χ2n) is 4.79. The minimum Gasteiger partial charge on any atom is -0.467 e. The number of rotatable bonds is 6. The molecule has 1 aliphatic carbocycles. The first-order valence-electron chi connectivity index (χ1n) is 6.16. The molecule has 0 aromatic heterocycles. The van der Waals surface area contributed by atoms with Crippen LogP contribution >= 0.6 is 0 Å². The van der Waals surface area contributed by atoms with E-state index in [1.807, 2.05) is 25.1 Å². The Kier molecular flexibility index (Phi) is 4.02. The van der Waals surface area contributed by atoms with E-state index in [1.54, 1.807) is 6.92 Å². The minimum absolute atomic E-state index is 0.263. The molecule has 1 aliphatic rings. The van der Waals surface area contributed by atoms with Crippen molar-refractivity contribution in [1.82, 2.24) is 0 Å². The molecule has 1 aromatic rings. The highest BCUT2D eigenvalue weighted by Crippen LogP contribution is 2.29. The van der Waals surface area contributed by atoms with Crippen molar-refractivity contribution in [3.63, 3.8) is 0 Å². The zero-order chi connectivity index (χ0) is 12.3. The Morgan fingerprint density at radius 2 is 2.18 bits per heavy atom. The van der Waals surface area contributed by atoms with E-state index in [4.69, 9.17) is 9.47 Å². The Bertz CT molecular complexity index is 370. The molecule has 0 saturated heterocycles. The van der Waals surface area contributed by atoms with E-state index >= 15 is 0 Å². The van der Waals surface area contributed by atoms with Crippen molar-refractivity contribution in [2.24, 2.45) is 5.92 Å². The predicted octanol–water partition coefficient (Wildman–Crippen LogP) is 2.81. The molecule has 1 saturated carbocycles. The summed E-state index contributed by atoms with van der Waals surface area (Å²) in [5.41, 5.74) is 1.94. The lowest BCUT2D eigenvalue weighted by Crippen LogP contribution is -2.07. The maximum absolute atomic E-state index is 9.66. The third kappa shape index (κ3) is 3.72. The van der Waals surface area contributed by atoms with Gasteiger partial charge in [-0.3, -0.25) is 0 Å². The van der Waals surface area contributed by atoms with E-state index in [2.05, 4.69) is 0 Å². The first kappa shape index (κ1) is 12.4. The van der Waals surface area contributed by atoms with E-state index in [1.165, 1.54) is 12.8 Å². The molecule has 0 radical (unpaired) electrons. The predicted molar refractivity (Wildman–Crippen MR) is 66.0 cm³/mol. The van der Waals surface area contributed by atoms with Crippen molar-refractivity contribution < 1.29 is 14.6 Å². The van der Waals surface area contributed by atoms with Crippen molar-refractivity contribution in [2.45, 2.75) is 32.8 Å². The van der Waals surface area contributed by atoms with Crippen molar-refractivity contribution in [3.05, 3.63) is 29.3 Å². The van der Waals surface area contributed by atoms with Gasteiger partial charge in [0.2, 0.25) is 0 Å². The van der Waals surface area contributed by atoms with Crippen molar-refractivity contribution in [3.8, 4) is 5.75 Å². The third-order valence-corrected chi connectivity index (χ3v) is 2.96. The van der Waals surface area contributed by atoms with Crippen LogP contribution in [0.15, 0.2) is 18.2 Å². The van der Waals surface area contributed by atoms with Crippen molar-refractivity contribution in [1.29, 1.82) is 0 Å². The van der Waals surface area contributed by atoms with E-state index < -0.39 is 6.10 Å². The van der Waals surface area contributed by atoms with E-state index in [9.17, 15) is 5.11 Å². The number of ether oxygens (including phenoxy) is 2. The highest BCUT2D eigenvalue weighted by Gasteiger charge is 2.21. The van der Waals surface area contributed by atoms with Crippen LogP contribution in [-0.4, -0.2) is 18.5 Å². The molecule has 0 unspecified atom stereocenters. The summed E-state index contributed by atoms with van der Waals surface area (Å²) in [5, 5.41) is 9.66. The Morgan fingerprint density at radius 3 is 2.82 bits per heavy atom. The third-order valence-electron chi connectivity index (χ3n) is 2.96. The second-order valence-corrected chi connectivity index (χ2v) is 4.79. The summed E-state index contributed by atoms with van der Waals surface area (Å²) in [6, 6.07) is 5.81. The number of hydrogen-bond donors (Lipinski definition) is 1. The Morgan fingerprint density at radius 1 is 1.41 bits per heavy atom. The zero-order valence-corrected chi connectivity index (χ0v) is 10.5. The van der Waals surface area contributed by atoms with Gasteiger partial charge in [0, 0.05) is 5.56 Å². The highest BCUT2D eigenvalue weighted by molar-refractivity contribution is 5.38. The van der Waals surface area contributed by atoms with Crippen LogP contribution in [0.3, 0.4) is 0 Å². The van der Waals surface area contributed by atoms with E-state index in [0.717, 1.165) is 23.7 Å². The molecule has 0 aliphatic heterocycles. The molecule has 0 heterocycles. The van der Waals surface area contributed by atoms with Crippen LogP contribution in [0.25, 0.3) is 0 Å². The molecule has 94 valence electrons. The van der Waals surface area contributed by atoms with Gasteiger partial charge in [-0.15, -0.1) is 0 Å². The number of aliphatic hydroxyl groups excluding tert-OH is 1. The van der Waals surface area contributed by atoms with Crippen molar-refractivity contribution >= 4 is 0 Å². The molecule has 0 amide bonds. The molecule has 3 nitrogen and oxygen atoms in total. The van der Waals surface area contributed by atoms with Gasteiger partial charge < -0.3 is 14.6 Å². The standard InChI is InChI=1S/C14H20O3/c1-10-3-6-14(13(7-10)11(2)15)17-9-16-8-12-4-5-12/h3,6-7,11-12,15H,4-5,8-9H2,1-2H3/t11-/m1/s1. The van der Waals surface area contributed by atoms with Gasteiger partial charge in [-0.25, -0.2) is 0 Å². The van der Waals surface area contributed by atoms with Crippen molar-refractivity contribution in [2.75, 3.05) is 13.4 Å². The average molecular weight is 236 g/mol. The average Bonchev–Trinajstić information content (AvgIpc) is 3.09. The van der Waals surface area contributed by atoms with Gasteiger partial charge in [-0.05, 0) is 44.7 Å². The topological polar surface area (TPSA) is 38.7 Å². The van der Waals surface area contributed by atoms with Gasteiger partial charge in [0.15, 0.2) is 6.79 Å². The lowest BCUT2D eigenvalue weighted by atomic mass is 10.1. The molecule has 0 spiro atoms. The quantitative estimate of drug-likeness (QED) is 0.609. The SMILES string of the molecule is Cc1ccc(OCOCC2CC2)c([C@@H](C)O)c1. The summed E-state index contributed by atoms with van der Waals surface area (Å²) in [7, 11) is 0. The van der Waals surface area contributed by atoms with Crippen LogP contribution in [-0.2, 0) is 4.74 Å². The van der Waals surface area contributed by atoms with Gasteiger partial charge in [0.25, 0.3) is 0 Å². The second kappa shape index (κ2) is 5.52. The fourth-order valence-electron chi connectivity index (χ4n) is 1.73. The Labute approximate surface area is 102 Å². The summed E-state index contributed by atoms with van der Waals surface area (Å²) < 4.78 is 11.0. The molecular formula is C14H20O3. The number of aryl methyl sites for hydroxylation is 1. The number of hydrogen-bond acceptors (Lipinski definition) is 3. The fraction of sp³-hybridized carbons (Fsp3) is 0.571. The van der Waals surface area contributed by atoms with E-state index in [-0.39, 0.29) is 6.79 Å². The van der Waals surface area contributed by atoms with Crippen LogP contribution in [0.1, 0.15) is 37.0 Å². The highest BCUT2D eigenvalue weighted by atomic mass is 16.7. The zero-order valence-electron chi connectivity index (χ0n) is 10.5. The van der Waals surface area contributed by atoms with Gasteiger partial charge >= 0.3 is 0 Å². The van der Waals surface area contributed by atoms with Crippen LogP contribution < -0.4 is 4.74 Å². The molecule has 0 bridgehead atoms. The van der Waals surface area contributed by atoms with Crippen LogP contribution in [0.4, 0.5) is 0 Å². The van der Waals surface area contributed by atoms with E-state index in [0.29, 0.717) is 5.75 Å². The molecule has 1 atom stereocenters. The monoisotopic (exact) mass is 236 g/mol.